The Morgan fingerprint density at radius 3 is 2.31 bits per heavy atom. The number of pyridine rings is 1. The molecule has 26 heavy (non-hydrogen) atoms. The molecule has 0 aliphatic heterocycles. The first-order chi connectivity index (χ1) is 12.8. The predicted octanol–water partition coefficient (Wildman–Crippen LogP) is 4.34. The van der Waals surface area contributed by atoms with E-state index >= 15 is 0 Å². The van der Waals surface area contributed by atoms with Crippen molar-refractivity contribution in [2.24, 2.45) is 0 Å². The van der Waals surface area contributed by atoms with Crippen LogP contribution in [0.5, 0.6) is 0 Å². The summed E-state index contributed by atoms with van der Waals surface area (Å²) in [5.41, 5.74) is 2.77. The minimum absolute atomic E-state index is 0.154. The smallest absolute Gasteiger partial charge is 0.253 e. The summed E-state index contributed by atoms with van der Waals surface area (Å²) in [5.74, 6) is 0.638. The van der Waals surface area contributed by atoms with Crippen LogP contribution in [0.4, 0.5) is 11.5 Å². The molecule has 0 fully saturated rings. The zero-order valence-electron chi connectivity index (χ0n) is 14.5. The average Bonchev–Trinajstić information content (AvgIpc) is 2.72. The van der Waals surface area contributed by atoms with Crippen LogP contribution in [0.25, 0.3) is 0 Å². The van der Waals surface area contributed by atoms with Gasteiger partial charge in [-0.15, -0.1) is 6.58 Å². The second-order valence-electron chi connectivity index (χ2n) is 5.81. The van der Waals surface area contributed by atoms with Crippen LogP contribution in [0.2, 0.25) is 0 Å². The molecule has 2 aromatic carbocycles. The highest BCUT2D eigenvalue weighted by molar-refractivity contribution is 5.94. The van der Waals surface area contributed by atoms with Crippen LogP contribution in [0, 0.1) is 0 Å². The summed E-state index contributed by atoms with van der Waals surface area (Å²) in [7, 11) is 0. The monoisotopic (exact) mass is 343 g/mol. The largest absolute Gasteiger partial charge is 0.349 e. The molecule has 1 heterocycles. The summed E-state index contributed by atoms with van der Waals surface area (Å²) in [6, 6.07) is 24.0. The van der Waals surface area contributed by atoms with Crippen molar-refractivity contribution in [2.45, 2.75) is 6.54 Å². The molecule has 0 unspecified atom stereocenters. The van der Waals surface area contributed by atoms with Gasteiger partial charge in [-0.1, -0.05) is 54.6 Å². The summed E-state index contributed by atoms with van der Waals surface area (Å²) < 4.78 is 0. The zero-order chi connectivity index (χ0) is 18.2. The second-order valence-corrected chi connectivity index (χ2v) is 5.81. The van der Waals surface area contributed by atoms with Crippen molar-refractivity contribution >= 4 is 17.4 Å². The van der Waals surface area contributed by atoms with E-state index in [0.717, 1.165) is 11.5 Å². The number of carbonyl (C=O) groups is 1. The third-order valence-electron chi connectivity index (χ3n) is 3.94. The lowest BCUT2D eigenvalue weighted by molar-refractivity contribution is 0.0957. The van der Waals surface area contributed by atoms with Crippen LogP contribution in [0.15, 0.2) is 91.6 Å². The molecule has 0 saturated heterocycles. The van der Waals surface area contributed by atoms with Crippen LogP contribution < -0.4 is 10.2 Å². The number of nitrogens with one attached hydrogen (secondary N) is 1. The van der Waals surface area contributed by atoms with Crippen molar-refractivity contribution in [3.05, 3.63) is 103 Å². The highest BCUT2D eigenvalue weighted by atomic mass is 16.1. The van der Waals surface area contributed by atoms with Gasteiger partial charge in [-0.2, -0.15) is 0 Å². The first-order valence-electron chi connectivity index (χ1n) is 8.49. The summed E-state index contributed by atoms with van der Waals surface area (Å²) >= 11 is 0. The molecule has 1 N–H and O–H groups in total. The lowest BCUT2D eigenvalue weighted by Gasteiger charge is -2.24. The molecule has 0 radical (unpaired) electrons. The van der Waals surface area contributed by atoms with E-state index in [1.807, 2.05) is 42.5 Å². The maximum Gasteiger partial charge on any atom is 0.253 e. The fourth-order valence-electron chi connectivity index (χ4n) is 2.63. The second kappa shape index (κ2) is 8.62. The molecular weight excluding hydrogens is 322 g/mol. The molecule has 1 aromatic heterocycles. The number of aromatic nitrogens is 1. The van der Waals surface area contributed by atoms with Gasteiger partial charge in [0.25, 0.3) is 5.91 Å². The maximum atomic E-state index is 12.0. The van der Waals surface area contributed by atoms with Crippen LogP contribution in [0.1, 0.15) is 15.9 Å². The minimum Gasteiger partial charge on any atom is -0.349 e. The van der Waals surface area contributed by atoms with Gasteiger partial charge in [0.2, 0.25) is 0 Å². The Hall–Kier alpha value is -3.40. The van der Waals surface area contributed by atoms with Crippen molar-refractivity contribution in [3.8, 4) is 0 Å². The minimum atomic E-state index is -0.154. The number of para-hydroxylation sites is 1. The SMILES string of the molecule is C=CCNC(=O)c1ccc(N(Cc2ccccc2)c2ccccc2)nc1. The van der Waals surface area contributed by atoms with E-state index in [0.29, 0.717) is 18.7 Å². The van der Waals surface area contributed by atoms with Crippen LogP contribution in [0.3, 0.4) is 0 Å². The number of amides is 1. The van der Waals surface area contributed by atoms with E-state index in [4.69, 9.17) is 0 Å². The molecule has 0 spiro atoms. The zero-order valence-corrected chi connectivity index (χ0v) is 14.5. The number of rotatable bonds is 7. The van der Waals surface area contributed by atoms with Crippen molar-refractivity contribution in [3.63, 3.8) is 0 Å². The molecule has 0 atom stereocenters. The van der Waals surface area contributed by atoms with Gasteiger partial charge in [-0.05, 0) is 29.8 Å². The Kier molecular flexibility index (Phi) is 5.78. The van der Waals surface area contributed by atoms with E-state index < -0.39 is 0 Å². The third-order valence-corrected chi connectivity index (χ3v) is 3.94. The molecule has 0 aliphatic carbocycles. The molecule has 0 bridgehead atoms. The highest BCUT2D eigenvalue weighted by Gasteiger charge is 2.12. The van der Waals surface area contributed by atoms with E-state index in [1.165, 1.54) is 5.56 Å². The fraction of sp³-hybridized carbons (Fsp3) is 0.0909. The molecule has 0 aliphatic rings. The first kappa shape index (κ1) is 17.4. The number of anilines is 2. The maximum absolute atomic E-state index is 12.0. The summed E-state index contributed by atoms with van der Waals surface area (Å²) in [4.78, 5) is 18.7. The molecule has 4 nitrogen and oxygen atoms in total. The fourth-order valence-corrected chi connectivity index (χ4v) is 2.63. The van der Waals surface area contributed by atoms with E-state index in [1.54, 1.807) is 18.3 Å². The number of nitrogens with zero attached hydrogens (tertiary/aromatic N) is 2. The van der Waals surface area contributed by atoms with Crippen molar-refractivity contribution in [1.29, 1.82) is 0 Å². The quantitative estimate of drug-likeness (QED) is 0.649. The van der Waals surface area contributed by atoms with Gasteiger partial charge >= 0.3 is 0 Å². The van der Waals surface area contributed by atoms with Gasteiger partial charge < -0.3 is 10.2 Å². The molecule has 130 valence electrons. The van der Waals surface area contributed by atoms with Crippen molar-refractivity contribution in [2.75, 3.05) is 11.4 Å². The number of benzene rings is 2. The Labute approximate surface area is 153 Å². The van der Waals surface area contributed by atoms with E-state index in [9.17, 15) is 4.79 Å². The van der Waals surface area contributed by atoms with Crippen LogP contribution in [-0.4, -0.2) is 17.4 Å². The van der Waals surface area contributed by atoms with Crippen molar-refractivity contribution < 1.29 is 4.79 Å². The highest BCUT2D eigenvalue weighted by Crippen LogP contribution is 2.25. The molecular formula is C22H21N3O. The van der Waals surface area contributed by atoms with Gasteiger partial charge in [0.1, 0.15) is 5.82 Å². The number of hydrogen-bond donors (Lipinski definition) is 1. The summed E-state index contributed by atoms with van der Waals surface area (Å²) in [5, 5.41) is 2.76. The predicted molar refractivity (Wildman–Crippen MR) is 105 cm³/mol. The molecule has 3 aromatic rings. The third kappa shape index (κ3) is 4.36. The lowest BCUT2D eigenvalue weighted by Crippen LogP contribution is -2.23. The number of carbonyl (C=O) groups excluding carboxylic acids is 1. The first-order valence-corrected chi connectivity index (χ1v) is 8.49. The van der Waals surface area contributed by atoms with Gasteiger partial charge in [0.05, 0.1) is 5.56 Å². The van der Waals surface area contributed by atoms with E-state index in [-0.39, 0.29) is 5.91 Å². The summed E-state index contributed by atoms with van der Waals surface area (Å²) in [6.07, 6.45) is 3.26. The standard InChI is InChI=1S/C22H21N3O/c1-2-15-23-22(26)19-13-14-21(24-16-19)25(20-11-7-4-8-12-20)17-18-9-5-3-6-10-18/h2-14,16H,1,15,17H2,(H,23,26). The Balaban J connectivity index is 1.87. The molecule has 3 rings (SSSR count). The molecule has 0 saturated carbocycles. The normalized spacial score (nSPS) is 10.2. The van der Waals surface area contributed by atoms with Crippen molar-refractivity contribution in [1.82, 2.24) is 10.3 Å². The Morgan fingerprint density at radius 1 is 1.00 bits per heavy atom. The van der Waals surface area contributed by atoms with Gasteiger partial charge in [-0.25, -0.2) is 4.98 Å². The average molecular weight is 343 g/mol. The van der Waals surface area contributed by atoms with Gasteiger partial charge in [-0.3, -0.25) is 4.79 Å². The summed E-state index contributed by atoms with van der Waals surface area (Å²) in [6.45, 7) is 4.73. The lowest BCUT2D eigenvalue weighted by atomic mass is 10.2. The Morgan fingerprint density at radius 2 is 1.69 bits per heavy atom. The Bertz CT molecular complexity index is 846. The number of hydrogen-bond acceptors (Lipinski definition) is 3. The van der Waals surface area contributed by atoms with Gasteiger partial charge in [0.15, 0.2) is 0 Å². The van der Waals surface area contributed by atoms with Gasteiger partial charge in [0, 0.05) is 25.0 Å². The molecule has 1 amide bonds. The van der Waals surface area contributed by atoms with Crippen LogP contribution >= 0.6 is 0 Å². The molecule has 4 heteroatoms. The van der Waals surface area contributed by atoms with E-state index in [2.05, 4.69) is 46.0 Å². The van der Waals surface area contributed by atoms with Crippen LogP contribution in [-0.2, 0) is 6.54 Å². The topological polar surface area (TPSA) is 45.2 Å².